The smallest absolute Gasteiger partial charge is 0.135 e. The van der Waals surface area contributed by atoms with Gasteiger partial charge < -0.3 is 4.42 Å². The molecule has 0 aliphatic heterocycles. The SMILES string of the molecule is CC1(C)c2ccccc2-c2ccc(-c3ccc(C(c4ccc(-c5ccc6c(c5)C(C)(C)c5ccccc5-6)cc4)c4cccc(-c5ccc6oc7ccccc7c6c5)c4)cc3)cc21. The summed E-state index contributed by atoms with van der Waals surface area (Å²) in [5, 5.41) is 2.29. The van der Waals surface area contributed by atoms with Crippen LogP contribution in [0.2, 0.25) is 0 Å². The Hall–Kier alpha value is -7.22. The van der Waals surface area contributed by atoms with Gasteiger partial charge in [0.15, 0.2) is 0 Å². The predicted octanol–water partition coefficient (Wildman–Crippen LogP) is 16.4. The summed E-state index contributed by atoms with van der Waals surface area (Å²) in [5.74, 6) is 0.0263. The fourth-order valence-electron chi connectivity index (χ4n) is 10.9. The third-order valence-electron chi connectivity index (χ3n) is 14.3. The van der Waals surface area contributed by atoms with Gasteiger partial charge in [0, 0.05) is 27.5 Å². The van der Waals surface area contributed by atoms with Gasteiger partial charge in [-0.05, 0) is 125 Å². The van der Waals surface area contributed by atoms with E-state index in [-0.39, 0.29) is 16.7 Å². The van der Waals surface area contributed by atoms with Crippen LogP contribution in [0, 0.1) is 0 Å². The first-order chi connectivity index (χ1) is 30.2. The highest BCUT2D eigenvalue weighted by Crippen LogP contribution is 2.51. The summed E-state index contributed by atoms with van der Waals surface area (Å²) in [6.45, 7) is 9.42. The lowest BCUT2D eigenvalue weighted by molar-refractivity contribution is 0.660. The Morgan fingerprint density at radius 1 is 0.306 bits per heavy atom. The Bertz CT molecular complexity index is 3240. The average Bonchev–Trinajstić information content (AvgIpc) is 3.88. The molecule has 0 atom stereocenters. The summed E-state index contributed by atoms with van der Waals surface area (Å²) in [5.41, 5.74) is 23.9. The van der Waals surface area contributed by atoms with Gasteiger partial charge in [0.05, 0.1) is 0 Å². The summed E-state index contributed by atoms with van der Waals surface area (Å²) in [6.07, 6.45) is 0. The molecule has 1 heterocycles. The van der Waals surface area contributed by atoms with Crippen molar-refractivity contribution in [2.45, 2.75) is 44.4 Å². The van der Waals surface area contributed by atoms with Gasteiger partial charge in [-0.15, -0.1) is 0 Å². The summed E-state index contributed by atoms with van der Waals surface area (Å²) in [4.78, 5) is 0. The Balaban J connectivity index is 0.932. The second kappa shape index (κ2) is 13.6. The summed E-state index contributed by atoms with van der Waals surface area (Å²) < 4.78 is 6.20. The van der Waals surface area contributed by atoms with Crippen molar-refractivity contribution in [2.24, 2.45) is 0 Å². The second-order valence-corrected chi connectivity index (χ2v) is 18.5. The van der Waals surface area contributed by atoms with E-state index in [2.05, 4.69) is 216 Å². The number of rotatable bonds is 6. The van der Waals surface area contributed by atoms with E-state index in [9.17, 15) is 0 Å². The van der Waals surface area contributed by atoms with Crippen LogP contribution < -0.4 is 0 Å². The maximum absolute atomic E-state index is 6.20. The number of hydrogen-bond acceptors (Lipinski definition) is 1. The molecular formula is C61H46O. The number of benzene rings is 9. The van der Waals surface area contributed by atoms with Gasteiger partial charge in [-0.1, -0.05) is 198 Å². The van der Waals surface area contributed by atoms with Crippen LogP contribution in [0.4, 0.5) is 0 Å². The molecule has 0 amide bonds. The summed E-state index contributed by atoms with van der Waals surface area (Å²) >= 11 is 0. The van der Waals surface area contributed by atoms with E-state index in [1.54, 1.807) is 0 Å². The van der Waals surface area contributed by atoms with Crippen LogP contribution in [0.25, 0.3) is 77.6 Å². The molecule has 2 aliphatic rings. The quantitative estimate of drug-likeness (QED) is 0.153. The molecule has 2 aliphatic carbocycles. The molecule has 0 saturated carbocycles. The molecule has 10 aromatic rings. The van der Waals surface area contributed by atoms with Crippen LogP contribution in [-0.2, 0) is 10.8 Å². The molecule has 9 aromatic carbocycles. The maximum Gasteiger partial charge on any atom is 0.135 e. The molecule has 1 heteroatoms. The first-order valence-electron chi connectivity index (χ1n) is 21.9. The molecule has 0 radical (unpaired) electrons. The van der Waals surface area contributed by atoms with E-state index < -0.39 is 0 Å². The molecule has 0 N–H and O–H groups in total. The zero-order chi connectivity index (χ0) is 41.7. The number of fused-ring (bicyclic) bond motifs is 9. The fourth-order valence-corrected chi connectivity index (χ4v) is 10.9. The van der Waals surface area contributed by atoms with Gasteiger partial charge >= 0.3 is 0 Å². The summed E-state index contributed by atoms with van der Waals surface area (Å²) in [6, 6.07) is 74.5. The number of para-hydroxylation sites is 1. The highest BCUT2D eigenvalue weighted by molar-refractivity contribution is 6.06. The molecule has 0 spiro atoms. The highest BCUT2D eigenvalue weighted by Gasteiger charge is 2.36. The molecule has 62 heavy (non-hydrogen) atoms. The van der Waals surface area contributed by atoms with Crippen LogP contribution in [0.1, 0.15) is 72.6 Å². The molecule has 1 aromatic heterocycles. The first-order valence-corrected chi connectivity index (χ1v) is 21.9. The van der Waals surface area contributed by atoms with Gasteiger partial charge in [-0.25, -0.2) is 0 Å². The largest absolute Gasteiger partial charge is 0.456 e. The van der Waals surface area contributed by atoms with Crippen LogP contribution in [0.15, 0.2) is 205 Å². The molecule has 0 bridgehead atoms. The lowest BCUT2D eigenvalue weighted by Gasteiger charge is -2.23. The van der Waals surface area contributed by atoms with E-state index in [0.29, 0.717) is 0 Å². The first kappa shape index (κ1) is 36.6. The number of hydrogen-bond donors (Lipinski definition) is 0. The fraction of sp³-hybridized carbons (Fsp3) is 0.115. The van der Waals surface area contributed by atoms with Gasteiger partial charge in [0.25, 0.3) is 0 Å². The zero-order valence-corrected chi connectivity index (χ0v) is 35.5. The Labute approximate surface area is 364 Å². The topological polar surface area (TPSA) is 13.1 Å². The lowest BCUT2D eigenvalue weighted by atomic mass is 9.81. The van der Waals surface area contributed by atoms with Gasteiger partial charge in [-0.3, -0.25) is 0 Å². The van der Waals surface area contributed by atoms with Gasteiger partial charge in [0.2, 0.25) is 0 Å². The van der Waals surface area contributed by atoms with E-state index >= 15 is 0 Å². The van der Waals surface area contributed by atoms with E-state index in [1.165, 1.54) is 94.6 Å². The lowest BCUT2D eigenvalue weighted by Crippen LogP contribution is -2.14. The van der Waals surface area contributed by atoms with Crippen LogP contribution in [0.5, 0.6) is 0 Å². The Morgan fingerprint density at radius 2 is 0.758 bits per heavy atom. The van der Waals surface area contributed by atoms with Gasteiger partial charge in [-0.2, -0.15) is 0 Å². The third-order valence-corrected chi connectivity index (χ3v) is 14.3. The molecule has 296 valence electrons. The number of furan rings is 1. The Morgan fingerprint density at radius 3 is 1.35 bits per heavy atom. The van der Waals surface area contributed by atoms with E-state index in [0.717, 1.165) is 21.9 Å². The van der Waals surface area contributed by atoms with Crippen molar-refractivity contribution in [3.63, 3.8) is 0 Å². The zero-order valence-electron chi connectivity index (χ0n) is 35.5. The van der Waals surface area contributed by atoms with E-state index in [4.69, 9.17) is 4.42 Å². The summed E-state index contributed by atoms with van der Waals surface area (Å²) in [7, 11) is 0. The molecule has 12 rings (SSSR count). The van der Waals surface area contributed by atoms with Crippen LogP contribution >= 0.6 is 0 Å². The highest BCUT2D eigenvalue weighted by atomic mass is 16.3. The van der Waals surface area contributed by atoms with Crippen LogP contribution in [-0.4, -0.2) is 0 Å². The molecule has 0 unspecified atom stereocenters. The third kappa shape index (κ3) is 5.61. The van der Waals surface area contributed by atoms with Crippen molar-refractivity contribution < 1.29 is 4.42 Å². The van der Waals surface area contributed by atoms with E-state index in [1.807, 2.05) is 12.1 Å². The van der Waals surface area contributed by atoms with Crippen molar-refractivity contribution in [3.8, 4) is 55.6 Å². The van der Waals surface area contributed by atoms with Crippen molar-refractivity contribution in [1.82, 2.24) is 0 Å². The van der Waals surface area contributed by atoms with Crippen molar-refractivity contribution in [1.29, 1.82) is 0 Å². The molecule has 0 fully saturated rings. The van der Waals surface area contributed by atoms with Crippen molar-refractivity contribution in [2.75, 3.05) is 0 Å². The molecule has 0 saturated heterocycles. The monoisotopic (exact) mass is 794 g/mol. The normalized spacial score (nSPS) is 14.2. The van der Waals surface area contributed by atoms with Gasteiger partial charge in [0.1, 0.15) is 11.2 Å². The molecular weight excluding hydrogens is 749 g/mol. The maximum atomic E-state index is 6.20. The average molecular weight is 795 g/mol. The van der Waals surface area contributed by atoms with Crippen molar-refractivity contribution in [3.05, 3.63) is 239 Å². The predicted molar refractivity (Wildman–Crippen MR) is 259 cm³/mol. The molecule has 1 nitrogen and oxygen atoms in total. The minimum Gasteiger partial charge on any atom is -0.456 e. The minimum atomic E-state index is -0.0413. The standard InChI is InChI=1S/C61H46O/c1-60(2)53-17-8-5-14-47(53)49-31-28-44(36-55(49)60)38-20-24-40(25-21-38)59(46-13-11-12-42(34-46)43-30-33-58-52(35-43)51-16-7-10-19-57(51)62-58)41-26-22-39(23-27-41)45-29-32-50-48-15-6-9-18-54(48)61(3,4)56(50)37-45/h5-37,59H,1-4H3. The minimum absolute atomic E-state index is 0.0263. The Kier molecular flexibility index (Phi) is 8.06. The van der Waals surface area contributed by atoms with Crippen molar-refractivity contribution >= 4 is 21.9 Å². The second-order valence-electron chi connectivity index (χ2n) is 18.5. The van der Waals surface area contributed by atoms with Crippen LogP contribution in [0.3, 0.4) is 0 Å².